The Morgan fingerprint density at radius 1 is 1.15 bits per heavy atom. The number of fused-ring (bicyclic) bond motifs is 3. The van der Waals surface area contributed by atoms with Gasteiger partial charge in [-0.05, 0) is 42.3 Å². The van der Waals surface area contributed by atoms with Crippen molar-refractivity contribution in [3.63, 3.8) is 0 Å². The van der Waals surface area contributed by atoms with Gasteiger partial charge in [0.25, 0.3) is 5.91 Å². The summed E-state index contributed by atoms with van der Waals surface area (Å²) in [4.78, 5) is 30.2. The first-order chi connectivity index (χ1) is 15.9. The maximum Gasteiger partial charge on any atom is 0.266 e. The number of nitrogens with zero attached hydrogens (tertiary/aromatic N) is 4. The van der Waals surface area contributed by atoms with Crippen LogP contribution in [0.2, 0.25) is 0 Å². The molecule has 34 heavy (non-hydrogen) atoms. The summed E-state index contributed by atoms with van der Waals surface area (Å²) in [5, 5.41) is 0. The summed E-state index contributed by atoms with van der Waals surface area (Å²) in [5.74, 6) is 0.817. The number of likely N-dealkylation sites (N-methyl/N-ethyl adjacent to an activating group) is 1. The molecular weight excluding hydrogens is 496 g/mol. The summed E-state index contributed by atoms with van der Waals surface area (Å²) < 4.78 is 8.81. The van der Waals surface area contributed by atoms with Crippen molar-refractivity contribution >= 4 is 17.4 Å². The zero-order valence-corrected chi connectivity index (χ0v) is 21.2. The molecule has 2 unspecified atom stereocenters. The van der Waals surface area contributed by atoms with Crippen molar-refractivity contribution in [1.82, 2.24) is 9.47 Å². The van der Waals surface area contributed by atoms with Gasteiger partial charge < -0.3 is 31.5 Å². The minimum Gasteiger partial charge on any atom is -1.00 e. The second kappa shape index (κ2) is 9.25. The molecule has 2 aliphatic heterocycles. The van der Waals surface area contributed by atoms with Crippen LogP contribution in [0.3, 0.4) is 0 Å². The molecule has 0 saturated carbocycles. The van der Waals surface area contributed by atoms with Crippen LogP contribution in [-0.2, 0) is 23.3 Å². The van der Waals surface area contributed by atoms with Crippen LogP contribution in [0, 0.1) is 0 Å². The van der Waals surface area contributed by atoms with Crippen molar-refractivity contribution in [1.29, 1.82) is 0 Å². The third-order valence-electron chi connectivity index (χ3n) is 7.13. The van der Waals surface area contributed by atoms with Crippen LogP contribution in [0.1, 0.15) is 29.3 Å². The van der Waals surface area contributed by atoms with E-state index in [1.54, 1.807) is 31.4 Å². The third kappa shape index (κ3) is 4.00. The Kier molecular flexibility index (Phi) is 6.53. The molecule has 2 aliphatic rings. The van der Waals surface area contributed by atoms with E-state index in [1.807, 2.05) is 32.8 Å². The second-order valence-electron chi connectivity index (χ2n) is 9.17. The van der Waals surface area contributed by atoms with Crippen molar-refractivity contribution in [3.8, 4) is 5.75 Å². The van der Waals surface area contributed by atoms with Crippen LogP contribution in [0.4, 0.5) is 5.69 Å². The normalized spacial score (nSPS) is 20.5. The number of amides is 1. The fourth-order valence-corrected chi connectivity index (χ4v) is 5.42. The summed E-state index contributed by atoms with van der Waals surface area (Å²) in [6.07, 6.45) is 6.48. The van der Waals surface area contributed by atoms with Gasteiger partial charge in [0.1, 0.15) is 24.3 Å². The predicted octanol–water partition coefficient (Wildman–Crippen LogP) is -0.363. The molecule has 7 nitrogen and oxygen atoms in total. The van der Waals surface area contributed by atoms with E-state index in [2.05, 4.69) is 43.1 Å². The van der Waals surface area contributed by atoms with Crippen molar-refractivity contribution < 1.29 is 35.9 Å². The Bertz CT molecular complexity index is 1210. The van der Waals surface area contributed by atoms with E-state index < -0.39 is 0 Å². The van der Waals surface area contributed by atoms with Gasteiger partial charge in [0, 0.05) is 30.3 Å². The lowest BCUT2D eigenvalue weighted by molar-refractivity contribution is -0.682. The molecule has 1 amide bonds. The van der Waals surface area contributed by atoms with Crippen LogP contribution >= 0.6 is 0 Å². The minimum absolute atomic E-state index is 0. The Morgan fingerprint density at radius 3 is 2.62 bits per heavy atom. The molecule has 0 aliphatic carbocycles. The van der Waals surface area contributed by atoms with E-state index >= 15 is 0 Å². The number of likely N-dealkylation sites (tertiary alicyclic amines) is 1. The van der Waals surface area contributed by atoms with E-state index in [1.165, 1.54) is 11.3 Å². The number of benzene rings is 2. The number of halogens is 1. The maximum absolute atomic E-state index is 13.3. The number of imidazole rings is 1. The number of ketones is 1. The van der Waals surface area contributed by atoms with Gasteiger partial charge in [-0.1, -0.05) is 25.1 Å². The van der Waals surface area contributed by atoms with Gasteiger partial charge in [-0.15, -0.1) is 0 Å². The monoisotopic (exact) mass is 524 g/mol. The smallest absolute Gasteiger partial charge is 0.266 e. The number of rotatable bonds is 6. The standard InChI is InChI=1S/C26H29N4O3.BrH/c1-26-12-13-30(25(26)27(2)22-7-5-4-6-21(22)26)24(32)17-29-15-14-28(18-29)16-23(31)19-8-10-20(33-3)11-9-19;/h4-11,14-15,18,25H,12-13,16-17H2,1-3H3;1H/q+1;/p-1. The molecular formula is C26H29BrN4O3. The molecule has 2 aromatic carbocycles. The van der Waals surface area contributed by atoms with Gasteiger partial charge >= 0.3 is 0 Å². The number of para-hydroxylation sites is 1. The highest BCUT2D eigenvalue weighted by Crippen LogP contribution is 2.51. The first kappa shape index (κ1) is 24.0. The van der Waals surface area contributed by atoms with Crippen LogP contribution < -0.4 is 31.2 Å². The summed E-state index contributed by atoms with van der Waals surface area (Å²) in [5.41, 5.74) is 3.11. The molecule has 1 fully saturated rings. The summed E-state index contributed by atoms with van der Waals surface area (Å²) in [7, 11) is 3.68. The van der Waals surface area contributed by atoms with Crippen molar-refractivity contribution in [2.75, 3.05) is 25.6 Å². The molecule has 3 heterocycles. The van der Waals surface area contributed by atoms with E-state index in [9.17, 15) is 9.59 Å². The van der Waals surface area contributed by atoms with Gasteiger partial charge in [0.15, 0.2) is 13.1 Å². The first-order valence-corrected chi connectivity index (χ1v) is 11.2. The number of carbonyl (C=O) groups excluding carboxylic acids is 2. The Balaban J connectivity index is 0.00000274. The average Bonchev–Trinajstić information content (AvgIpc) is 3.48. The first-order valence-electron chi connectivity index (χ1n) is 11.2. The number of carbonyl (C=O) groups is 2. The number of aromatic nitrogens is 2. The number of hydrogen-bond donors (Lipinski definition) is 0. The third-order valence-corrected chi connectivity index (χ3v) is 7.13. The summed E-state index contributed by atoms with van der Waals surface area (Å²) in [6, 6.07) is 15.6. The van der Waals surface area contributed by atoms with Crippen LogP contribution in [0.15, 0.2) is 67.3 Å². The van der Waals surface area contributed by atoms with Gasteiger partial charge in [-0.3, -0.25) is 9.59 Å². The van der Waals surface area contributed by atoms with Gasteiger partial charge in [0.05, 0.1) is 7.11 Å². The highest BCUT2D eigenvalue weighted by molar-refractivity contribution is 5.95. The predicted molar refractivity (Wildman–Crippen MR) is 124 cm³/mol. The topological polar surface area (TPSA) is 58.7 Å². The summed E-state index contributed by atoms with van der Waals surface area (Å²) >= 11 is 0. The second-order valence-corrected chi connectivity index (χ2v) is 9.17. The molecule has 2 atom stereocenters. The van der Waals surface area contributed by atoms with E-state index in [0.717, 1.165) is 18.7 Å². The van der Waals surface area contributed by atoms with Crippen LogP contribution in [0.25, 0.3) is 0 Å². The van der Waals surface area contributed by atoms with Crippen LogP contribution in [-0.4, -0.2) is 48.0 Å². The number of anilines is 1. The fraction of sp³-hybridized carbons (Fsp3) is 0.346. The molecule has 8 heteroatoms. The molecule has 0 spiro atoms. The zero-order valence-electron chi connectivity index (χ0n) is 19.6. The lowest BCUT2D eigenvalue weighted by Crippen LogP contribution is -3.00. The highest BCUT2D eigenvalue weighted by atomic mass is 79.9. The number of methoxy groups -OCH3 is 1. The highest BCUT2D eigenvalue weighted by Gasteiger charge is 2.54. The molecule has 0 N–H and O–H groups in total. The minimum atomic E-state index is -0.0532. The van der Waals surface area contributed by atoms with Crippen LogP contribution in [0.5, 0.6) is 5.75 Å². The molecule has 1 aromatic heterocycles. The lowest BCUT2D eigenvalue weighted by Gasteiger charge is -2.34. The Hall–Kier alpha value is -3.13. The van der Waals surface area contributed by atoms with E-state index in [0.29, 0.717) is 5.56 Å². The quantitative estimate of drug-likeness (QED) is 0.326. The van der Waals surface area contributed by atoms with Crippen molar-refractivity contribution in [2.45, 2.75) is 38.0 Å². The van der Waals surface area contributed by atoms with Crippen molar-refractivity contribution in [2.24, 2.45) is 0 Å². The number of Topliss-reactive ketones (excluding diaryl/α,β-unsaturated/α-hetero) is 1. The maximum atomic E-state index is 13.3. The van der Waals surface area contributed by atoms with Gasteiger partial charge in [-0.2, -0.15) is 0 Å². The van der Waals surface area contributed by atoms with Crippen molar-refractivity contribution in [3.05, 3.63) is 78.4 Å². The Labute approximate surface area is 210 Å². The summed E-state index contributed by atoms with van der Waals surface area (Å²) in [6.45, 7) is 3.48. The molecule has 178 valence electrons. The van der Waals surface area contributed by atoms with E-state index in [4.69, 9.17) is 4.74 Å². The molecule has 5 rings (SSSR count). The molecule has 0 bridgehead atoms. The molecule has 3 aromatic rings. The van der Waals surface area contributed by atoms with E-state index in [-0.39, 0.29) is 53.3 Å². The largest absolute Gasteiger partial charge is 1.00 e. The molecule has 0 radical (unpaired) electrons. The average molecular weight is 525 g/mol. The number of ether oxygens (including phenoxy) is 1. The SMILES string of the molecule is COc1ccc(C(=O)C[n+]2ccn(CC(=O)N3CCC4(C)c5ccccc5N(C)C34)c2)cc1.[Br-]. The Morgan fingerprint density at radius 2 is 1.88 bits per heavy atom. The fourth-order valence-electron chi connectivity index (χ4n) is 5.42. The molecule has 1 saturated heterocycles. The van der Waals surface area contributed by atoms with Gasteiger partial charge in [0.2, 0.25) is 12.1 Å². The lowest BCUT2D eigenvalue weighted by atomic mass is 9.81. The zero-order chi connectivity index (χ0) is 23.2. The number of hydrogen-bond acceptors (Lipinski definition) is 4. The van der Waals surface area contributed by atoms with Gasteiger partial charge in [-0.25, -0.2) is 9.13 Å².